The van der Waals surface area contributed by atoms with Crippen LogP contribution in [0, 0.1) is 0 Å². The largest absolute Gasteiger partial charge is 0.315 e. The summed E-state index contributed by atoms with van der Waals surface area (Å²) in [5.41, 5.74) is 0.789. The molecule has 1 aliphatic heterocycles. The maximum Gasteiger partial charge on any atom is 0.214 e. The van der Waals surface area contributed by atoms with Gasteiger partial charge in [0, 0.05) is 19.3 Å². The van der Waals surface area contributed by atoms with Gasteiger partial charge >= 0.3 is 0 Å². The number of hydrogen-bond donors (Lipinski definition) is 1. The maximum atomic E-state index is 12.0. The Morgan fingerprint density at radius 3 is 3.00 bits per heavy atom. The van der Waals surface area contributed by atoms with E-state index in [1.54, 1.807) is 6.20 Å². The van der Waals surface area contributed by atoms with Gasteiger partial charge in [-0.1, -0.05) is 6.07 Å². The molecule has 1 N–H and O–H groups in total. The molecule has 1 fully saturated rings. The molecule has 0 spiro atoms. The fraction of sp³-hybridized carbons (Fsp3) is 0.545. The van der Waals surface area contributed by atoms with Crippen LogP contribution in [-0.4, -0.2) is 43.1 Å². The van der Waals surface area contributed by atoms with Crippen LogP contribution in [0.5, 0.6) is 0 Å². The summed E-state index contributed by atoms with van der Waals surface area (Å²) in [7, 11) is -3.13. The van der Waals surface area contributed by atoms with Crippen LogP contribution in [0.25, 0.3) is 0 Å². The van der Waals surface area contributed by atoms with Crippen molar-refractivity contribution in [2.75, 3.05) is 25.4 Å². The first-order chi connectivity index (χ1) is 8.18. The molecule has 1 saturated heterocycles. The normalized spacial score (nSPS) is 21.6. The molecule has 1 aromatic heterocycles. The summed E-state index contributed by atoms with van der Waals surface area (Å²) in [5, 5.41) is 3.21. The lowest BCUT2D eigenvalue weighted by Crippen LogP contribution is -2.41. The van der Waals surface area contributed by atoms with Gasteiger partial charge in [-0.05, 0) is 25.1 Å². The van der Waals surface area contributed by atoms with E-state index in [1.807, 2.05) is 18.2 Å². The van der Waals surface area contributed by atoms with E-state index < -0.39 is 10.0 Å². The fourth-order valence-corrected chi connectivity index (χ4v) is 3.29. The van der Waals surface area contributed by atoms with Crippen molar-refractivity contribution in [1.29, 1.82) is 0 Å². The van der Waals surface area contributed by atoms with Crippen molar-refractivity contribution in [3.63, 3.8) is 0 Å². The lowest BCUT2D eigenvalue weighted by atomic mass is 10.3. The summed E-state index contributed by atoms with van der Waals surface area (Å²) < 4.78 is 25.6. The SMILES string of the molecule is O=S1(=O)CCCNCCN1Cc1ccccn1. The van der Waals surface area contributed by atoms with E-state index in [0.717, 1.165) is 12.2 Å². The quantitative estimate of drug-likeness (QED) is 0.820. The molecule has 0 bridgehead atoms. The Balaban J connectivity index is 2.11. The highest BCUT2D eigenvalue weighted by atomic mass is 32.2. The van der Waals surface area contributed by atoms with Gasteiger partial charge in [0.15, 0.2) is 0 Å². The van der Waals surface area contributed by atoms with Crippen molar-refractivity contribution < 1.29 is 8.42 Å². The van der Waals surface area contributed by atoms with Crippen LogP contribution < -0.4 is 5.32 Å². The molecule has 0 unspecified atom stereocenters. The van der Waals surface area contributed by atoms with Crippen LogP contribution in [0.15, 0.2) is 24.4 Å². The van der Waals surface area contributed by atoms with E-state index in [0.29, 0.717) is 26.1 Å². The Hall–Kier alpha value is -0.980. The zero-order valence-corrected chi connectivity index (χ0v) is 10.5. The molecular weight excluding hydrogens is 238 g/mol. The van der Waals surface area contributed by atoms with Crippen LogP contribution in [-0.2, 0) is 16.6 Å². The Bertz CT molecular complexity index is 447. The van der Waals surface area contributed by atoms with Crippen molar-refractivity contribution in [2.45, 2.75) is 13.0 Å². The molecule has 6 heteroatoms. The molecule has 94 valence electrons. The molecule has 0 amide bonds. The Labute approximate surface area is 102 Å². The van der Waals surface area contributed by atoms with E-state index in [1.165, 1.54) is 4.31 Å². The van der Waals surface area contributed by atoms with E-state index in [-0.39, 0.29) is 5.75 Å². The van der Waals surface area contributed by atoms with Gasteiger partial charge in [-0.15, -0.1) is 0 Å². The third-order valence-electron chi connectivity index (χ3n) is 2.75. The van der Waals surface area contributed by atoms with Gasteiger partial charge in [0.25, 0.3) is 0 Å². The Morgan fingerprint density at radius 1 is 1.35 bits per heavy atom. The molecule has 2 rings (SSSR count). The van der Waals surface area contributed by atoms with Gasteiger partial charge in [-0.25, -0.2) is 8.42 Å². The number of hydrogen-bond acceptors (Lipinski definition) is 4. The van der Waals surface area contributed by atoms with Crippen molar-refractivity contribution in [3.05, 3.63) is 30.1 Å². The molecule has 5 nitrogen and oxygen atoms in total. The Kier molecular flexibility index (Phi) is 4.09. The molecule has 0 atom stereocenters. The number of nitrogens with one attached hydrogen (secondary N) is 1. The summed E-state index contributed by atoms with van der Waals surface area (Å²) in [6.07, 6.45) is 2.35. The van der Waals surface area contributed by atoms with Gasteiger partial charge in [0.2, 0.25) is 10.0 Å². The van der Waals surface area contributed by atoms with Gasteiger partial charge in [0.1, 0.15) is 0 Å². The third kappa shape index (κ3) is 3.49. The van der Waals surface area contributed by atoms with Crippen molar-refractivity contribution in [1.82, 2.24) is 14.6 Å². The average molecular weight is 255 g/mol. The van der Waals surface area contributed by atoms with Crippen LogP contribution in [0.2, 0.25) is 0 Å². The smallest absolute Gasteiger partial charge is 0.214 e. The van der Waals surface area contributed by atoms with E-state index in [4.69, 9.17) is 0 Å². The predicted octanol–water partition coefficient (Wildman–Crippen LogP) is 0.207. The first kappa shape index (κ1) is 12.5. The van der Waals surface area contributed by atoms with Gasteiger partial charge in [-0.3, -0.25) is 4.98 Å². The zero-order valence-electron chi connectivity index (χ0n) is 9.67. The number of rotatable bonds is 2. The first-order valence-corrected chi connectivity index (χ1v) is 7.38. The maximum absolute atomic E-state index is 12.0. The molecular formula is C11H17N3O2S. The topological polar surface area (TPSA) is 62.3 Å². The molecule has 2 heterocycles. The molecule has 0 aliphatic carbocycles. The van der Waals surface area contributed by atoms with E-state index >= 15 is 0 Å². The van der Waals surface area contributed by atoms with Crippen molar-refractivity contribution >= 4 is 10.0 Å². The minimum absolute atomic E-state index is 0.215. The predicted molar refractivity (Wildman–Crippen MR) is 65.9 cm³/mol. The second-order valence-corrected chi connectivity index (χ2v) is 6.16. The second kappa shape index (κ2) is 5.57. The van der Waals surface area contributed by atoms with E-state index in [2.05, 4.69) is 10.3 Å². The summed E-state index contributed by atoms with van der Waals surface area (Å²) >= 11 is 0. The van der Waals surface area contributed by atoms with Crippen LogP contribution in [0.4, 0.5) is 0 Å². The van der Waals surface area contributed by atoms with Gasteiger partial charge in [-0.2, -0.15) is 4.31 Å². The van der Waals surface area contributed by atoms with E-state index in [9.17, 15) is 8.42 Å². The molecule has 1 aliphatic rings. The molecule has 0 aromatic carbocycles. The number of sulfonamides is 1. The zero-order chi connectivity index (χ0) is 12.1. The highest BCUT2D eigenvalue weighted by molar-refractivity contribution is 7.89. The molecule has 17 heavy (non-hydrogen) atoms. The van der Waals surface area contributed by atoms with Crippen molar-refractivity contribution in [2.24, 2.45) is 0 Å². The minimum Gasteiger partial charge on any atom is -0.315 e. The highest BCUT2D eigenvalue weighted by Gasteiger charge is 2.23. The second-order valence-electron chi connectivity index (χ2n) is 4.07. The standard InChI is InChI=1S/C11H17N3O2S/c15-17(16)9-3-5-12-7-8-14(17)10-11-4-1-2-6-13-11/h1-2,4,6,12H,3,5,7-10H2. The summed E-state index contributed by atoms with van der Waals surface area (Å²) in [5.74, 6) is 0.215. The lowest BCUT2D eigenvalue weighted by Gasteiger charge is -2.24. The Morgan fingerprint density at radius 2 is 2.24 bits per heavy atom. The van der Waals surface area contributed by atoms with Gasteiger partial charge in [0.05, 0.1) is 18.0 Å². The average Bonchev–Trinajstić information content (AvgIpc) is 2.31. The van der Waals surface area contributed by atoms with Crippen LogP contribution in [0.3, 0.4) is 0 Å². The van der Waals surface area contributed by atoms with Crippen LogP contribution in [0.1, 0.15) is 12.1 Å². The number of pyridine rings is 1. The fourth-order valence-electron chi connectivity index (χ4n) is 1.83. The lowest BCUT2D eigenvalue weighted by molar-refractivity contribution is 0.386. The van der Waals surface area contributed by atoms with Crippen molar-refractivity contribution in [3.8, 4) is 0 Å². The summed E-state index contributed by atoms with van der Waals surface area (Å²) in [6.45, 7) is 2.35. The number of aromatic nitrogens is 1. The molecule has 1 aromatic rings. The first-order valence-electron chi connectivity index (χ1n) is 5.77. The molecule has 0 saturated carbocycles. The third-order valence-corrected chi connectivity index (χ3v) is 4.65. The highest BCUT2D eigenvalue weighted by Crippen LogP contribution is 2.09. The van der Waals surface area contributed by atoms with Crippen LogP contribution >= 0.6 is 0 Å². The minimum atomic E-state index is -3.13. The van der Waals surface area contributed by atoms with Gasteiger partial charge < -0.3 is 5.32 Å². The monoisotopic (exact) mass is 255 g/mol. The summed E-state index contributed by atoms with van der Waals surface area (Å²) in [6, 6.07) is 5.55. The molecule has 0 radical (unpaired) electrons. The number of nitrogens with zero attached hydrogens (tertiary/aromatic N) is 2. The summed E-state index contributed by atoms with van der Waals surface area (Å²) in [4.78, 5) is 4.17.